The third kappa shape index (κ3) is 6.07. The van der Waals surface area contributed by atoms with Gasteiger partial charge in [0.25, 0.3) is 0 Å². The summed E-state index contributed by atoms with van der Waals surface area (Å²) in [5.41, 5.74) is 0.373. The molecule has 0 bridgehead atoms. The van der Waals surface area contributed by atoms with Gasteiger partial charge < -0.3 is 14.4 Å². The Morgan fingerprint density at radius 1 is 1.09 bits per heavy atom. The smallest absolute Gasteiger partial charge is 0.417 e. The van der Waals surface area contributed by atoms with Gasteiger partial charge in [-0.1, -0.05) is 42.5 Å². The Morgan fingerprint density at radius 2 is 1.77 bits per heavy atom. The van der Waals surface area contributed by atoms with E-state index in [4.69, 9.17) is 9.47 Å². The zero-order chi connectivity index (χ0) is 25.3. The van der Waals surface area contributed by atoms with Gasteiger partial charge in [-0.15, -0.1) is 0 Å². The van der Waals surface area contributed by atoms with E-state index in [2.05, 4.69) is 4.90 Å². The number of allylic oxidation sites excluding steroid dienone is 1. The summed E-state index contributed by atoms with van der Waals surface area (Å²) in [6, 6.07) is 13.2. The molecule has 2 aliphatic heterocycles. The first kappa shape index (κ1) is 25.3. The zero-order valence-electron chi connectivity index (χ0n) is 20.5. The van der Waals surface area contributed by atoms with Crippen LogP contribution in [0.4, 0.5) is 13.2 Å². The maximum atomic E-state index is 13.7. The Labute approximate surface area is 204 Å². The highest BCUT2D eigenvalue weighted by atomic mass is 19.4. The molecular weight excluding hydrogens is 455 g/mol. The quantitative estimate of drug-likeness (QED) is 0.369. The molecule has 0 unspecified atom stereocenters. The van der Waals surface area contributed by atoms with Gasteiger partial charge in [0.15, 0.2) is 0 Å². The van der Waals surface area contributed by atoms with Crippen LogP contribution in [0.2, 0.25) is 0 Å². The standard InChI is InChI=1S/C28H32F3NO3/c1-26(2,3)35-25(33)11-14-32-15-12-27(13-16-32)19-34-24-18-20(9-10-22(24)27)17-23(28(29,30)31)21-7-5-4-6-8-21/h4-10,17-18H,11-16,19H2,1-3H3/b23-17-. The van der Waals surface area contributed by atoms with Crippen molar-refractivity contribution in [2.24, 2.45) is 0 Å². The topological polar surface area (TPSA) is 38.8 Å². The van der Waals surface area contributed by atoms with E-state index in [0.29, 0.717) is 30.9 Å². The van der Waals surface area contributed by atoms with E-state index < -0.39 is 17.4 Å². The minimum absolute atomic E-state index is 0.133. The molecule has 1 fully saturated rings. The number of ether oxygens (including phenoxy) is 2. The van der Waals surface area contributed by atoms with Crippen LogP contribution in [0.25, 0.3) is 11.6 Å². The number of halogens is 3. The first-order valence-electron chi connectivity index (χ1n) is 12.0. The lowest BCUT2D eigenvalue weighted by Crippen LogP contribution is -2.44. The second kappa shape index (κ2) is 9.69. The van der Waals surface area contributed by atoms with Gasteiger partial charge in [0.05, 0.1) is 18.6 Å². The van der Waals surface area contributed by atoms with Gasteiger partial charge in [-0.3, -0.25) is 4.79 Å². The molecule has 0 saturated carbocycles. The second-order valence-corrected chi connectivity index (χ2v) is 10.4. The van der Waals surface area contributed by atoms with Crippen molar-refractivity contribution < 1.29 is 27.4 Å². The lowest BCUT2D eigenvalue weighted by atomic mass is 9.74. The zero-order valence-corrected chi connectivity index (χ0v) is 20.5. The Hall–Kier alpha value is -2.80. The van der Waals surface area contributed by atoms with E-state index in [0.717, 1.165) is 31.5 Å². The Morgan fingerprint density at radius 3 is 2.40 bits per heavy atom. The van der Waals surface area contributed by atoms with Crippen LogP contribution in [0.5, 0.6) is 5.75 Å². The molecule has 2 heterocycles. The van der Waals surface area contributed by atoms with Crippen LogP contribution in [0.15, 0.2) is 48.5 Å². The van der Waals surface area contributed by atoms with Gasteiger partial charge in [0.1, 0.15) is 11.4 Å². The molecule has 4 nitrogen and oxygen atoms in total. The molecule has 2 aromatic rings. The van der Waals surface area contributed by atoms with Crippen molar-refractivity contribution in [3.63, 3.8) is 0 Å². The third-order valence-corrected chi connectivity index (χ3v) is 6.65. The van der Waals surface area contributed by atoms with Crippen LogP contribution in [0, 0.1) is 0 Å². The minimum Gasteiger partial charge on any atom is -0.492 e. The highest BCUT2D eigenvalue weighted by Crippen LogP contribution is 2.46. The fourth-order valence-corrected chi connectivity index (χ4v) is 4.85. The van der Waals surface area contributed by atoms with E-state index >= 15 is 0 Å². The molecule has 1 saturated heterocycles. The molecule has 0 amide bonds. The number of carbonyl (C=O) groups excluding carboxylic acids is 1. The predicted octanol–water partition coefficient (Wildman–Crippen LogP) is 6.25. The number of piperidine rings is 1. The molecule has 0 aromatic heterocycles. The molecule has 1 spiro atoms. The summed E-state index contributed by atoms with van der Waals surface area (Å²) in [7, 11) is 0. The number of fused-ring (bicyclic) bond motifs is 2. The number of alkyl halides is 3. The maximum Gasteiger partial charge on any atom is 0.417 e. The summed E-state index contributed by atoms with van der Waals surface area (Å²) >= 11 is 0. The van der Waals surface area contributed by atoms with Crippen molar-refractivity contribution >= 4 is 17.6 Å². The second-order valence-electron chi connectivity index (χ2n) is 10.4. The lowest BCUT2D eigenvalue weighted by molar-refractivity contribution is -0.155. The van der Waals surface area contributed by atoms with Gasteiger partial charge in [0, 0.05) is 17.5 Å². The summed E-state index contributed by atoms with van der Waals surface area (Å²) in [6.45, 7) is 8.43. The Balaban J connectivity index is 1.44. The van der Waals surface area contributed by atoms with E-state index in [9.17, 15) is 18.0 Å². The normalized spacial score (nSPS) is 18.3. The van der Waals surface area contributed by atoms with E-state index in [-0.39, 0.29) is 16.9 Å². The number of likely N-dealkylation sites (tertiary alicyclic amines) is 1. The molecule has 2 aliphatic rings. The van der Waals surface area contributed by atoms with Gasteiger partial charge in [-0.2, -0.15) is 13.2 Å². The van der Waals surface area contributed by atoms with Crippen molar-refractivity contribution in [1.29, 1.82) is 0 Å². The van der Waals surface area contributed by atoms with Crippen molar-refractivity contribution in [3.05, 3.63) is 65.2 Å². The average molecular weight is 488 g/mol. The van der Waals surface area contributed by atoms with Crippen LogP contribution < -0.4 is 4.74 Å². The van der Waals surface area contributed by atoms with Crippen LogP contribution in [-0.4, -0.2) is 48.9 Å². The predicted molar refractivity (Wildman–Crippen MR) is 130 cm³/mol. The van der Waals surface area contributed by atoms with Crippen molar-refractivity contribution in [3.8, 4) is 5.75 Å². The molecule has 2 aromatic carbocycles. The Bertz CT molecular complexity index is 1080. The molecule has 0 aliphatic carbocycles. The summed E-state index contributed by atoms with van der Waals surface area (Å²) in [5.74, 6) is 0.470. The number of benzene rings is 2. The molecular formula is C28H32F3NO3. The van der Waals surface area contributed by atoms with Gasteiger partial charge in [-0.05, 0) is 70.0 Å². The minimum atomic E-state index is -4.46. The highest BCUT2D eigenvalue weighted by molar-refractivity contribution is 5.84. The number of hydrogen-bond donors (Lipinski definition) is 0. The van der Waals surface area contributed by atoms with Gasteiger partial charge >= 0.3 is 12.1 Å². The van der Waals surface area contributed by atoms with Gasteiger partial charge in [0.2, 0.25) is 0 Å². The fraction of sp³-hybridized carbons (Fsp3) is 0.464. The van der Waals surface area contributed by atoms with Crippen molar-refractivity contribution in [2.75, 3.05) is 26.2 Å². The maximum absolute atomic E-state index is 13.7. The van der Waals surface area contributed by atoms with Crippen molar-refractivity contribution in [1.82, 2.24) is 4.90 Å². The number of hydrogen-bond acceptors (Lipinski definition) is 4. The summed E-state index contributed by atoms with van der Waals surface area (Å²) < 4.78 is 52.6. The molecule has 188 valence electrons. The first-order chi connectivity index (χ1) is 16.5. The van der Waals surface area contributed by atoms with Crippen LogP contribution in [-0.2, 0) is 14.9 Å². The Kier molecular flexibility index (Phi) is 7.00. The molecule has 0 N–H and O–H groups in total. The number of rotatable bonds is 5. The van der Waals surface area contributed by atoms with Crippen LogP contribution >= 0.6 is 0 Å². The lowest BCUT2D eigenvalue weighted by Gasteiger charge is -2.38. The largest absolute Gasteiger partial charge is 0.492 e. The SMILES string of the molecule is CC(C)(C)OC(=O)CCN1CCC2(CC1)COc1cc(/C=C(/c3ccccc3)C(F)(F)F)ccc12. The number of esters is 1. The van der Waals surface area contributed by atoms with E-state index in [1.54, 1.807) is 30.3 Å². The van der Waals surface area contributed by atoms with Crippen LogP contribution in [0.3, 0.4) is 0 Å². The molecule has 4 rings (SSSR count). The van der Waals surface area contributed by atoms with E-state index in [1.807, 2.05) is 26.8 Å². The monoisotopic (exact) mass is 487 g/mol. The first-order valence-corrected chi connectivity index (χ1v) is 12.0. The summed E-state index contributed by atoms with van der Waals surface area (Å²) in [6.07, 6.45) is -1.17. The molecule has 0 atom stereocenters. The van der Waals surface area contributed by atoms with Crippen molar-refractivity contribution in [2.45, 2.75) is 57.2 Å². The van der Waals surface area contributed by atoms with Crippen LogP contribution in [0.1, 0.15) is 56.7 Å². The number of carbonyl (C=O) groups is 1. The van der Waals surface area contributed by atoms with Gasteiger partial charge in [-0.25, -0.2) is 0 Å². The van der Waals surface area contributed by atoms with E-state index in [1.165, 1.54) is 18.2 Å². The molecule has 35 heavy (non-hydrogen) atoms. The third-order valence-electron chi connectivity index (χ3n) is 6.65. The highest BCUT2D eigenvalue weighted by Gasteiger charge is 2.43. The summed E-state index contributed by atoms with van der Waals surface area (Å²) in [5, 5.41) is 0. The molecule has 7 heteroatoms. The fourth-order valence-electron chi connectivity index (χ4n) is 4.85. The molecule has 0 radical (unpaired) electrons. The average Bonchev–Trinajstić information content (AvgIpc) is 3.13. The number of nitrogens with zero attached hydrogens (tertiary/aromatic N) is 1. The summed E-state index contributed by atoms with van der Waals surface area (Å²) in [4.78, 5) is 14.3.